The monoisotopic (exact) mass is 365 g/mol. The van der Waals surface area contributed by atoms with Crippen molar-refractivity contribution in [2.75, 3.05) is 6.54 Å². The van der Waals surface area contributed by atoms with Crippen molar-refractivity contribution in [2.45, 2.75) is 38.3 Å². The Labute approximate surface area is 160 Å². The summed E-state index contributed by atoms with van der Waals surface area (Å²) in [5.41, 5.74) is 8.37. The number of rotatable bonds is 8. The van der Waals surface area contributed by atoms with E-state index in [-0.39, 0.29) is 24.3 Å². The van der Waals surface area contributed by atoms with E-state index < -0.39 is 6.04 Å². The molecule has 2 atom stereocenters. The number of aryl methyl sites for hydroxylation is 1. The van der Waals surface area contributed by atoms with Crippen molar-refractivity contribution in [3.63, 3.8) is 0 Å². The van der Waals surface area contributed by atoms with Crippen LogP contribution < -0.4 is 16.4 Å². The molecule has 0 aromatic heterocycles. The molecule has 0 bridgehead atoms. The fourth-order valence-corrected chi connectivity index (χ4v) is 3.20. The van der Waals surface area contributed by atoms with Crippen molar-refractivity contribution in [3.05, 3.63) is 71.3 Å². The van der Waals surface area contributed by atoms with Crippen molar-refractivity contribution >= 4 is 11.8 Å². The Hall–Kier alpha value is -2.66. The minimum absolute atomic E-state index is 0.0294. The molecule has 27 heavy (non-hydrogen) atoms. The molecule has 1 fully saturated rings. The van der Waals surface area contributed by atoms with Gasteiger partial charge in [-0.15, -0.1) is 0 Å². The van der Waals surface area contributed by atoms with E-state index in [1.54, 1.807) is 12.1 Å². The maximum Gasteiger partial charge on any atom is 0.251 e. The molecule has 0 heterocycles. The van der Waals surface area contributed by atoms with Crippen LogP contribution in [0, 0.1) is 12.8 Å². The quantitative estimate of drug-likeness (QED) is 0.672. The zero-order valence-electron chi connectivity index (χ0n) is 15.7. The van der Waals surface area contributed by atoms with E-state index in [0.717, 1.165) is 24.0 Å². The first kappa shape index (κ1) is 19.1. The largest absolute Gasteiger partial charge is 0.352 e. The summed E-state index contributed by atoms with van der Waals surface area (Å²) in [5.74, 6) is 0.223. The van der Waals surface area contributed by atoms with Gasteiger partial charge in [-0.05, 0) is 43.4 Å². The summed E-state index contributed by atoms with van der Waals surface area (Å²) < 4.78 is 0. The normalized spacial score (nSPS) is 15.6. The summed E-state index contributed by atoms with van der Waals surface area (Å²) in [7, 11) is 0. The van der Waals surface area contributed by atoms with Gasteiger partial charge in [-0.3, -0.25) is 9.59 Å². The van der Waals surface area contributed by atoms with Gasteiger partial charge in [0.05, 0.1) is 12.5 Å². The second-order valence-corrected chi connectivity index (χ2v) is 7.25. The molecule has 1 aliphatic carbocycles. The minimum Gasteiger partial charge on any atom is -0.352 e. The Bertz CT molecular complexity index is 770. The van der Waals surface area contributed by atoms with Crippen LogP contribution in [0.3, 0.4) is 0 Å². The van der Waals surface area contributed by atoms with Crippen molar-refractivity contribution < 1.29 is 9.59 Å². The van der Waals surface area contributed by atoms with Gasteiger partial charge in [0, 0.05) is 18.2 Å². The number of amides is 2. The molecule has 2 aromatic rings. The molecule has 1 saturated carbocycles. The van der Waals surface area contributed by atoms with E-state index >= 15 is 0 Å². The summed E-state index contributed by atoms with van der Waals surface area (Å²) in [6.07, 6.45) is 2.42. The summed E-state index contributed by atoms with van der Waals surface area (Å²) in [6, 6.07) is 16.6. The molecule has 142 valence electrons. The number of benzene rings is 2. The fourth-order valence-electron chi connectivity index (χ4n) is 3.20. The molecule has 1 aliphatic rings. The second kappa shape index (κ2) is 8.82. The highest BCUT2D eigenvalue weighted by molar-refractivity contribution is 5.94. The standard InChI is InChI=1S/C22H27N3O2/c1-15-7-9-18(10-8-15)22(27)25-19(16-5-3-2-4-6-16)13-21(26)24-20(14-23)17-11-12-17/h2-10,17,19-20H,11-14,23H2,1H3,(H,24,26)(H,25,27). The van der Waals surface area contributed by atoms with Gasteiger partial charge in [0.2, 0.25) is 5.91 Å². The molecular formula is C22H27N3O2. The van der Waals surface area contributed by atoms with E-state index in [9.17, 15) is 9.59 Å². The molecule has 5 nitrogen and oxygen atoms in total. The van der Waals surface area contributed by atoms with Gasteiger partial charge in [-0.1, -0.05) is 48.0 Å². The van der Waals surface area contributed by atoms with Gasteiger partial charge in [0.25, 0.3) is 5.91 Å². The highest BCUT2D eigenvalue weighted by atomic mass is 16.2. The average molecular weight is 365 g/mol. The number of hydrogen-bond donors (Lipinski definition) is 3. The summed E-state index contributed by atoms with van der Waals surface area (Å²) in [6.45, 7) is 2.43. The van der Waals surface area contributed by atoms with E-state index in [0.29, 0.717) is 18.0 Å². The van der Waals surface area contributed by atoms with Crippen molar-refractivity contribution in [1.82, 2.24) is 10.6 Å². The molecule has 2 aromatic carbocycles. The number of nitrogens with two attached hydrogens (primary N) is 1. The third-order valence-electron chi connectivity index (χ3n) is 5.00. The summed E-state index contributed by atoms with van der Waals surface area (Å²) >= 11 is 0. The lowest BCUT2D eigenvalue weighted by atomic mass is 10.0. The average Bonchev–Trinajstić information content (AvgIpc) is 3.52. The minimum atomic E-state index is -0.391. The second-order valence-electron chi connectivity index (χ2n) is 7.25. The molecule has 0 spiro atoms. The van der Waals surface area contributed by atoms with Crippen LogP contribution in [0.1, 0.15) is 46.8 Å². The highest BCUT2D eigenvalue weighted by Crippen LogP contribution is 2.32. The topological polar surface area (TPSA) is 84.2 Å². The van der Waals surface area contributed by atoms with Gasteiger partial charge in [0.15, 0.2) is 0 Å². The van der Waals surface area contributed by atoms with Crippen LogP contribution in [-0.4, -0.2) is 24.4 Å². The van der Waals surface area contributed by atoms with Crippen LogP contribution in [0.4, 0.5) is 0 Å². The Morgan fingerprint density at radius 1 is 1.04 bits per heavy atom. The first-order chi connectivity index (χ1) is 13.1. The highest BCUT2D eigenvalue weighted by Gasteiger charge is 2.31. The number of hydrogen-bond acceptors (Lipinski definition) is 3. The molecule has 0 radical (unpaired) electrons. The summed E-state index contributed by atoms with van der Waals surface area (Å²) in [5, 5.41) is 6.04. The molecule has 2 unspecified atom stereocenters. The zero-order chi connectivity index (χ0) is 19.2. The van der Waals surface area contributed by atoms with Crippen LogP contribution in [-0.2, 0) is 4.79 Å². The Morgan fingerprint density at radius 2 is 1.70 bits per heavy atom. The maximum atomic E-state index is 12.7. The lowest BCUT2D eigenvalue weighted by Gasteiger charge is -2.21. The predicted molar refractivity (Wildman–Crippen MR) is 106 cm³/mol. The lowest BCUT2D eigenvalue weighted by molar-refractivity contribution is -0.122. The van der Waals surface area contributed by atoms with Crippen LogP contribution in [0.5, 0.6) is 0 Å². The van der Waals surface area contributed by atoms with Crippen molar-refractivity contribution in [1.29, 1.82) is 0 Å². The smallest absolute Gasteiger partial charge is 0.251 e. The van der Waals surface area contributed by atoms with Crippen LogP contribution in [0.2, 0.25) is 0 Å². The SMILES string of the molecule is Cc1ccc(C(=O)NC(CC(=O)NC(CN)C2CC2)c2ccccc2)cc1. The van der Waals surface area contributed by atoms with Crippen LogP contribution >= 0.6 is 0 Å². The number of carbonyl (C=O) groups excluding carboxylic acids is 2. The maximum absolute atomic E-state index is 12.7. The van der Waals surface area contributed by atoms with Gasteiger partial charge in [-0.2, -0.15) is 0 Å². The van der Waals surface area contributed by atoms with Crippen LogP contribution in [0.15, 0.2) is 54.6 Å². The first-order valence-corrected chi connectivity index (χ1v) is 9.48. The van der Waals surface area contributed by atoms with Gasteiger partial charge >= 0.3 is 0 Å². The van der Waals surface area contributed by atoms with E-state index in [4.69, 9.17) is 5.73 Å². The summed E-state index contributed by atoms with van der Waals surface area (Å²) in [4.78, 5) is 25.2. The Kier molecular flexibility index (Phi) is 6.24. The zero-order valence-corrected chi connectivity index (χ0v) is 15.7. The molecule has 4 N–H and O–H groups in total. The van der Waals surface area contributed by atoms with Crippen LogP contribution in [0.25, 0.3) is 0 Å². The fraction of sp³-hybridized carbons (Fsp3) is 0.364. The molecule has 3 rings (SSSR count). The van der Waals surface area contributed by atoms with Gasteiger partial charge in [-0.25, -0.2) is 0 Å². The molecule has 2 amide bonds. The number of carbonyl (C=O) groups is 2. The third kappa shape index (κ3) is 5.41. The van der Waals surface area contributed by atoms with E-state index in [1.165, 1.54) is 0 Å². The Morgan fingerprint density at radius 3 is 2.30 bits per heavy atom. The van der Waals surface area contributed by atoms with Gasteiger partial charge in [0.1, 0.15) is 0 Å². The number of nitrogens with one attached hydrogen (secondary N) is 2. The molecule has 0 saturated heterocycles. The van der Waals surface area contributed by atoms with E-state index in [1.807, 2.05) is 49.4 Å². The van der Waals surface area contributed by atoms with Crippen molar-refractivity contribution in [2.24, 2.45) is 11.7 Å². The Balaban J connectivity index is 1.70. The molecule has 0 aliphatic heterocycles. The van der Waals surface area contributed by atoms with Gasteiger partial charge < -0.3 is 16.4 Å². The predicted octanol–water partition coefficient (Wildman–Crippen LogP) is 2.71. The third-order valence-corrected chi connectivity index (χ3v) is 5.00. The first-order valence-electron chi connectivity index (χ1n) is 9.48. The lowest BCUT2D eigenvalue weighted by Crippen LogP contribution is -2.43. The van der Waals surface area contributed by atoms with Crippen molar-refractivity contribution in [3.8, 4) is 0 Å². The molecular weight excluding hydrogens is 338 g/mol. The van der Waals surface area contributed by atoms with E-state index in [2.05, 4.69) is 10.6 Å². The molecule has 5 heteroatoms.